The van der Waals surface area contributed by atoms with Crippen LogP contribution < -0.4 is 4.90 Å². The third-order valence-corrected chi connectivity index (χ3v) is 11.6. The van der Waals surface area contributed by atoms with Crippen molar-refractivity contribution in [1.29, 1.82) is 0 Å². The monoisotopic (exact) mass is 738 g/mol. The van der Waals surface area contributed by atoms with Gasteiger partial charge in [-0.2, -0.15) is 0 Å². The SMILES string of the molecule is c1ccc(-c2ccc(N(c3ccc(-c4ccc(-n5c6ccccc6c6c7c(-c8ccccc8)cccc7ccc65)cc4)cc3)c3cccc4ccccc34)cc2)cc1. The summed E-state index contributed by atoms with van der Waals surface area (Å²) in [6, 6.07) is 83.5. The Morgan fingerprint density at radius 3 is 1.50 bits per heavy atom. The van der Waals surface area contributed by atoms with Gasteiger partial charge in [-0.25, -0.2) is 0 Å². The maximum Gasteiger partial charge on any atom is 0.0547 e. The molecular formula is C56H38N2. The van der Waals surface area contributed by atoms with Crippen molar-refractivity contribution in [2.24, 2.45) is 0 Å². The molecule has 0 radical (unpaired) electrons. The number of anilines is 3. The highest BCUT2D eigenvalue weighted by atomic mass is 15.1. The first-order valence-electron chi connectivity index (χ1n) is 19.9. The number of hydrogen-bond donors (Lipinski definition) is 0. The van der Waals surface area contributed by atoms with Crippen LogP contribution in [0, 0.1) is 0 Å². The highest BCUT2D eigenvalue weighted by Gasteiger charge is 2.18. The summed E-state index contributed by atoms with van der Waals surface area (Å²) in [7, 11) is 0. The van der Waals surface area contributed by atoms with Crippen molar-refractivity contribution in [3.8, 4) is 39.1 Å². The van der Waals surface area contributed by atoms with E-state index < -0.39 is 0 Å². The second kappa shape index (κ2) is 14.1. The van der Waals surface area contributed by atoms with Gasteiger partial charge in [-0.05, 0) is 104 Å². The van der Waals surface area contributed by atoms with Crippen molar-refractivity contribution >= 4 is 60.4 Å². The number of aromatic nitrogens is 1. The number of para-hydroxylation sites is 1. The molecule has 2 heteroatoms. The van der Waals surface area contributed by atoms with Crippen molar-refractivity contribution in [3.05, 3.63) is 231 Å². The van der Waals surface area contributed by atoms with Gasteiger partial charge in [0.1, 0.15) is 0 Å². The van der Waals surface area contributed by atoms with Crippen molar-refractivity contribution in [1.82, 2.24) is 4.57 Å². The first-order valence-corrected chi connectivity index (χ1v) is 19.9. The van der Waals surface area contributed by atoms with Crippen molar-refractivity contribution < 1.29 is 0 Å². The largest absolute Gasteiger partial charge is 0.310 e. The summed E-state index contributed by atoms with van der Waals surface area (Å²) in [6.45, 7) is 0. The average Bonchev–Trinajstić information content (AvgIpc) is 3.65. The summed E-state index contributed by atoms with van der Waals surface area (Å²) in [6.07, 6.45) is 0. The highest BCUT2D eigenvalue weighted by molar-refractivity contribution is 6.24. The summed E-state index contributed by atoms with van der Waals surface area (Å²) in [5.41, 5.74) is 14.2. The molecule has 0 aliphatic carbocycles. The molecule has 0 saturated heterocycles. The van der Waals surface area contributed by atoms with Crippen LogP contribution in [-0.2, 0) is 0 Å². The molecule has 0 bridgehead atoms. The van der Waals surface area contributed by atoms with Gasteiger partial charge in [0, 0.05) is 33.2 Å². The third-order valence-electron chi connectivity index (χ3n) is 11.6. The zero-order chi connectivity index (χ0) is 38.4. The fourth-order valence-electron chi connectivity index (χ4n) is 8.84. The number of hydrogen-bond acceptors (Lipinski definition) is 1. The normalized spacial score (nSPS) is 11.4. The van der Waals surface area contributed by atoms with E-state index in [-0.39, 0.29) is 0 Å². The van der Waals surface area contributed by atoms with Crippen LogP contribution in [0.5, 0.6) is 0 Å². The average molecular weight is 739 g/mol. The van der Waals surface area contributed by atoms with Gasteiger partial charge in [0.05, 0.1) is 16.7 Å². The molecule has 272 valence electrons. The standard InChI is InChI=1S/C56H38N2/c1-3-13-39(14-4-1)40-25-32-46(33-26-40)57(52-24-12-18-43-17-7-8-20-49(43)52)47-34-27-41(28-35-47)42-29-36-48(37-30-42)58-53-23-10-9-21-51(53)56-54(58)38-31-45-19-11-22-50(55(45)56)44-15-5-2-6-16-44/h1-38H. The van der Waals surface area contributed by atoms with Gasteiger partial charge in [-0.15, -0.1) is 0 Å². The Hall–Kier alpha value is -7.68. The lowest BCUT2D eigenvalue weighted by Crippen LogP contribution is -2.10. The number of nitrogens with zero attached hydrogens (tertiary/aromatic N) is 2. The molecule has 11 aromatic rings. The van der Waals surface area contributed by atoms with Gasteiger partial charge in [0.2, 0.25) is 0 Å². The van der Waals surface area contributed by atoms with Gasteiger partial charge in [-0.1, -0.05) is 176 Å². The molecule has 1 heterocycles. The van der Waals surface area contributed by atoms with Gasteiger partial charge in [0.25, 0.3) is 0 Å². The topological polar surface area (TPSA) is 8.17 Å². The van der Waals surface area contributed by atoms with Crippen LogP contribution in [0.2, 0.25) is 0 Å². The first-order chi connectivity index (χ1) is 28.8. The Kier molecular flexibility index (Phi) is 8.19. The predicted octanol–water partition coefficient (Wildman–Crippen LogP) is 15.6. The number of benzene rings is 10. The zero-order valence-corrected chi connectivity index (χ0v) is 31.8. The highest BCUT2D eigenvalue weighted by Crippen LogP contribution is 2.43. The first kappa shape index (κ1) is 33.6. The fourth-order valence-corrected chi connectivity index (χ4v) is 8.84. The van der Waals surface area contributed by atoms with Crippen LogP contribution in [-0.4, -0.2) is 4.57 Å². The quantitative estimate of drug-likeness (QED) is 0.158. The molecule has 0 amide bonds. The minimum absolute atomic E-state index is 1.11. The van der Waals surface area contributed by atoms with E-state index in [1.54, 1.807) is 0 Å². The summed E-state index contributed by atoms with van der Waals surface area (Å²) in [5.74, 6) is 0. The molecule has 0 spiro atoms. The lowest BCUT2D eigenvalue weighted by atomic mass is 9.94. The Balaban J connectivity index is 0.979. The van der Waals surface area contributed by atoms with Crippen LogP contribution in [0.25, 0.3) is 82.4 Å². The van der Waals surface area contributed by atoms with E-state index in [0.29, 0.717) is 0 Å². The fraction of sp³-hybridized carbons (Fsp3) is 0. The molecule has 0 saturated carbocycles. The van der Waals surface area contributed by atoms with Gasteiger partial charge in [0.15, 0.2) is 0 Å². The van der Waals surface area contributed by atoms with E-state index >= 15 is 0 Å². The molecular weight excluding hydrogens is 701 g/mol. The smallest absolute Gasteiger partial charge is 0.0547 e. The van der Waals surface area contributed by atoms with Crippen molar-refractivity contribution in [3.63, 3.8) is 0 Å². The Morgan fingerprint density at radius 1 is 0.293 bits per heavy atom. The van der Waals surface area contributed by atoms with Crippen LogP contribution in [0.3, 0.4) is 0 Å². The second-order valence-corrected chi connectivity index (χ2v) is 14.9. The maximum absolute atomic E-state index is 2.42. The molecule has 0 N–H and O–H groups in total. The Bertz CT molecular complexity index is 3230. The number of fused-ring (bicyclic) bond motifs is 6. The lowest BCUT2D eigenvalue weighted by Gasteiger charge is -2.27. The molecule has 0 aliphatic heterocycles. The predicted molar refractivity (Wildman–Crippen MR) is 247 cm³/mol. The molecule has 0 unspecified atom stereocenters. The van der Waals surface area contributed by atoms with E-state index in [2.05, 4.69) is 240 Å². The van der Waals surface area contributed by atoms with Crippen LogP contribution in [0.15, 0.2) is 231 Å². The maximum atomic E-state index is 2.42. The van der Waals surface area contributed by atoms with E-state index in [0.717, 1.165) is 22.7 Å². The van der Waals surface area contributed by atoms with Crippen LogP contribution in [0.1, 0.15) is 0 Å². The van der Waals surface area contributed by atoms with Gasteiger partial charge < -0.3 is 9.47 Å². The van der Waals surface area contributed by atoms with E-state index in [1.165, 1.54) is 76.7 Å². The molecule has 58 heavy (non-hydrogen) atoms. The Morgan fingerprint density at radius 2 is 0.810 bits per heavy atom. The molecule has 0 atom stereocenters. The summed E-state index contributed by atoms with van der Waals surface area (Å²) < 4.78 is 2.42. The summed E-state index contributed by atoms with van der Waals surface area (Å²) in [5, 5.41) is 7.53. The Labute approximate surface area is 338 Å². The minimum Gasteiger partial charge on any atom is -0.310 e. The van der Waals surface area contributed by atoms with Crippen molar-refractivity contribution in [2.45, 2.75) is 0 Å². The lowest BCUT2D eigenvalue weighted by molar-refractivity contribution is 1.18. The summed E-state index contributed by atoms with van der Waals surface area (Å²) >= 11 is 0. The van der Waals surface area contributed by atoms with Gasteiger partial charge >= 0.3 is 0 Å². The molecule has 2 nitrogen and oxygen atoms in total. The number of rotatable bonds is 7. The van der Waals surface area contributed by atoms with E-state index in [4.69, 9.17) is 0 Å². The second-order valence-electron chi connectivity index (χ2n) is 14.9. The molecule has 0 aliphatic rings. The minimum atomic E-state index is 1.11. The molecule has 11 rings (SSSR count). The van der Waals surface area contributed by atoms with Gasteiger partial charge in [-0.3, -0.25) is 0 Å². The summed E-state index contributed by atoms with van der Waals surface area (Å²) in [4.78, 5) is 2.37. The third kappa shape index (κ3) is 5.74. The van der Waals surface area contributed by atoms with Crippen molar-refractivity contribution in [2.75, 3.05) is 4.90 Å². The zero-order valence-electron chi connectivity index (χ0n) is 31.8. The van der Waals surface area contributed by atoms with Crippen LogP contribution in [0.4, 0.5) is 17.1 Å². The van der Waals surface area contributed by atoms with E-state index in [9.17, 15) is 0 Å². The van der Waals surface area contributed by atoms with Crippen LogP contribution >= 0.6 is 0 Å². The molecule has 10 aromatic carbocycles. The molecule has 0 fully saturated rings. The van der Waals surface area contributed by atoms with E-state index in [1.807, 2.05) is 0 Å². The molecule has 1 aromatic heterocycles.